The zero-order valence-corrected chi connectivity index (χ0v) is 12.9. The molecule has 2 N–H and O–H groups in total. The van der Waals surface area contributed by atoms with Crippen molar-refractivity contribution in [1.82, 2.24) is 10.3 Å². The number of piperidine rings is 1. The molecule has 1 amide bonds. The zero-order valence-electron chi connectivity index (χ0n) is 11.3. The molecule has 1 atom stereocenters. The number of hydrogen-bond donors (Lipinski definition) is 2. The summed E-state index contributed by atoms with van der Waals surface area (Å²) in [5, 5.41) is 7.30. The lowest BCUT2D eigenvalue weighted by molar-refractivity contribution is -0.118. The van der Waals surface area contributed by atoms with Crippen LogP contribution in [0.15, 0.2) is 18.2 Å². The summed E-state index contributed by atoms with van der Waals surface area (Å²) < 4.78 is 1.12. The normalized spacial score (nSPS) is 18.6. The Labute approximate surface area is 128 Å². The van der Waals surface area contributed by atoms with Crippen molar-refractivity contribution in [2.24, 2.45) is 0 Å². The molecule has 1 aromatic carbocycles. The number of nitrogens with zero attached hydrogens (tertiary/aromatic N) is 1. The van der Waals surface area contributed by atoms with Crippen molar-refractivity contribution < 1.29 is 4.79 Å². The van der Waals surface area contributed by atoms with Crippen LogP contribution in [0.3, 0.4) is 0 Å². The Morgan fingerprint density at radius 2 is 2.30 bits per heavy atom. The average Bonchev–Trinajstić information content (AvgIpc) is 2.79. The Hall–Kier alpha value is -1.17. The molecule has 0 radical (unpaired) electrons. The standard InChI is InChI=1S/C14H17N3OS.ClH/c1-9-16-11-6-5-10(8-13(11)19-9)17-14(18)12-4-2-3-7-15-12;/h5-6,8,12,15H,2-4,7H2,1H3,(H,17,18);1H/t12-;/m1./s1. The summed E-state index contributed by atoms with van der Waals surface area (Å²) in [5.74, 6) is 0.0697. The van der Waals surface area contributed by atoms with Gasteiger partial charge in [0, 0.05) is 5.69 Å². The molecular formula is C14H18ClN3OS. The van der Waals surface area contributed by atoms with Crippen LogP contribution < -0.4 is 10.6 Å². The van der Waals surface area contributed by atoms with Crippen LogP contribution in [0, 0.1) is 6.92 Å². The van der Waals surface area contributed by atoms with Gasteiger partial charge in [-0.3, -0.25) is 4.79 Å². The molecule has 1 saturated heterocycles. The van der Waals surface area contributed by atoms with Gasteiger partial charge in [0.05, 0.1) is 21.3 Å². The molecule has 2 heterocycles. The van der Waals surface area contributed by atoms with Gasteiger partial charge in [-0.05, 0) is 44.5 Å². The van der Waals surface area contributed by atoms with Crippen LogP contribution in [0.25, 0.3) is 10.2 Å². The van der Waals surface area contributed by atoms with Crippen LogP contribution in [0.5, 0.6) is 0 Å². The first-order valence-electron chi connectivity index (χ1n) is 6.64. The average molecular weight is 312 g/mol. The first-order valence-corrected chi connectivity index (χ1v) is 7.45. The number of carbonyl (C=O) groups is 1. The number of benzene rings is 1. The van der Waals surface area contributed by atoms with Gasteiger partial charge in [0.15, 0.2) is 0 Å². The number of anilines is 1. The van der Waals surface area contributed by atoms with E-state index >= 15 is 0 Å². The molecule has 1 fully saturated rings. The fraction of sp³-hybridized carbons (Fsp3) is 0.429. The predicted molar refractivity (Wildman–Crippen MR) is 85.9 cm³/mol. The molecule has 108 valence electrons. The Bertz CT molecular complexity index is 607. The van der Waals surface area contributed by atoms with Crippen molar-refractivity contribution in [1.29, 1.82) is 0 Å². The number of hydrogen-bond acceptors (Lipinski definition) is 4. The SMILES string of the molecule is Cc1nc2ccc(NC(=O)[C@H]3CCCCN3)cc2s1.Cl. The van der Waals surface area contributed by atoms with Gasteiger partial charge >= 0.3 is 0 Å². The van der Waals surface area contributed by atoms with Crippen LogP contribution in [-0.4, -0.2) is 23.5 Å². The van der Waals surface area contributed by atoms with Crippen molar-refractivity contribution in [3.05, 3.63) is 23.2 Å². The number of amides is 1. The van der Waals surface area contributed by atoms with Gasteiger partial charge < -0.3 is 10.6 Å². The third-order valence-electron chi connectivity index (χ3n) is 3.39. The molecule has 0 bridgehead atoms. The summed E-state index contributed by atoms with van der Waals surface area (Å²) in [7, 11) is 0. The Morgan fingerprint density at radius 3 is 3.05 bits per heavy atom. The van der Waals surface area contributed by atoms with E-state index in [2.05, 4.69) is 15.6 Å². The molecule has 0 saturated carbocycles. The van der Waals surface area contributed by atoms with Crippen LogP contribution >= 0.6 is 23.7 Å². The van der Waals surface area contributed by atoms with E-state index in [4.69, 9.17) is 0 Å². The first-order chi connectivity index (χ1) is 9.22. The van der Waals surface area contributed by atoms with E-state index in [9.17, 15) is 4.79 Å². The van der Waals surface area contributed by atoms with Gasteiger partial charge in [-0.25, -0.2) is 4.98 Å². The molecule has 0 unspecified atom stereocenters. The molecule has 2 aromatic rings. The van der Waals surface area contributed by atoms with E-state index in [-0.39, 0.29) is 24.4 Å². The number of halogens is 1. The number of nitrogens with one attached hydrogen (secondary N) is 2. The largest absolute Gasteiger partial charge is 0.325 e. The van der Waals surface area contributed by atoms with Crippen molar-refractivity contribution in [2.75, 3.05) is 11.9 Å². The highest BCUT2D eigenvalue weighted by Gasteiger charge is 2.20. The molecule has 4 nitrogen and oxygen atoms in total. The topological polar surface area (TPSA) is 54.0 Å². The molecule has 1 aliphatic heterocycles. The minimum atomic E-state index is -0.0485. The van der Waals surface area contributed by atoms with Crippen LogP contribution in [-0.2, 0) is 4.79 Å². The van der Waals surface area contributed by atoms with Crippen molar-refractivity contribution in [2.45, 2.75) is 32.2 Å². The fourth-order valence-corrected chi connectivity index (χ4v) is 3.29. The highest BCUT2D eigenvalue weighted by atomic mass is 35.5. The highest BCUT2D eigenvalue weighted by Crippen LogP contribution is 2.25. The second kappa shape index (κ2) is 6.52. The number of aromatic nitrogens is 1. The van der Waals surface area contributed by atoms with E-state index in [1.54, 1.807) is 11.3 Å². The number of carbonyl (C=O) groups excluding carboxylic acids is 1. The fourth-order valence-electron chi connectivity index (χ4n) is 2.42. The minimum absolute atomic E-state index is 0. The summed E-state index contributed by atoms with van der Waals surface area (Å²) >= 11 is 1.65. The summed E-state index contributed by atoms with van der Waals surface area (Å²) in [5.41, 5.74) is 1.85. The van der Waals surface area contributed by atoms with Gasteiger partial charge in [0.25, 0.3) is 0 Å². The monoisotopic (exact) mass is 311 g/mol. The summed E-state index contributed by atoms with van der Waals surface area (Å²) in [6.07, 6.45) is 3.21. The summed E-state index contributed by atoms with van der Waals surface area (Å²) in [6, 6.07) is 5.83. The predicted octanol–water partition coefficient (Wildman–Crippen LogP) is 3.11. The Morgan fingerprint density at radius 1 is 1.45 bits per heavy atom. The first kappa shape index (κ1) is 15.2. The maximum atomic E-state index is 12.1. The number of rotatable bonds is 2. The lowest BCUT2D eigenvalue weighted by Gasteiger charge is -2.22. The van der Waals surface area contributed by atoms with Gasteiger partial charge in [-0.15, -0.1) is 23.7 Å². The maximum Gasteiger partial charge on any atom is 0.241 e. The third kappa shape index (κ3) is 3.29. The molecular weight excluding hydrogens is 294 g/mol. The molecule has 6 heteroatoms. The Kier molecular flexibility index (Phi) is 4.96. The molecule has 0 aliphatic carbocycles. The molecule has 3 rings (SSSR count). The van der Waals surface area contributed by atoms with Gasteiger partial charge in [-0.2, -0.15) is 0 Å². The van der Waals surface area contributed by atoms with Crippen molar-refractivity contribution in [3.63, 3.8) is 0 Å². The van der Waals surface area contributed by atoms with Crippen molar-refractivity contribution >= 4 is 45.6 Å². The molecule has 20 heavy (non-hydrogen) atoms. The van der Waals surface area contributed by atoms with E-state index in [0.717, 1.165) is 46.7 Å². The van der Waals surface area contributed by atoms with Gasteiger partial charge in [-0.1, -0.05) is 6.42 Å². The van der Waals surface area contributed by atoms with Gasteiger partial charge in [0.2, 0.25) is 5.91 Å². The van der Waals surface area contributed by atoms with Crippen LogP contribution in [0.2, 0.25) is 0 Å². The lowest BCUT2D eigenvalue weighted by Crippen LogP contribution is -2.43. The van der Waals surface area contributed by atoms with Crippen LogP contribution in [0.1, 0.15) is 24.3 Å². The molecule has 0 spiro atoms. The van der Waals surface area contributed by atoms with E-state index in [1.807, 2.05) is 25.1 Å². The smallest absolute Gasteiger partial charge is 0.241 e. The van der Waals surface area contributed by atoms with E-state index in [1.165, 1.54) is 0 Å². The lowest BCUT2D eigenvalue weighted by atomic mass is 10.0. The third-order valence-corrected chi connectivity index (χ3v) is 4.32. The van der Waals surface area contributed by atoms with E-state index < -0.39 is 0 Å². The maximum absolute atomic E-state index is 12.1. The van der Waals surface area contributed by atoms with E-state index in [0.29, 0.717) is 0 Å². The summed E-state index contributed by atoms with van der Waals surface area (Å²) in [4.78, 5) is 16.5. The minimum Gasteiger partial charge on any atom is -0.325 e. The Balaban J connectivity index is 0.00000147. The highest BCUT2D eigenvalue weighted by molar-refractivity contribution is 7.18. The van der Waals surface area contributed by atoms with Gasteiger partial charge in [0.1, 0.15) is 0 Å². The molecule has 1 aliphatic rings. The quantitative estimate of drug-likeness (QED) is 0.896. The number of fused-ring (bicyclic) bond motifs is 1. The second-order valence-electron chi connectivity index (χ2n) is 4.91. The molecule has 1 aromatic heterocycles. The number of aryl methyl sites for hydroxylation is 1. The number of thiazole rings is 1. The van der Waals surface area contributed by atoms with Crippen LogP contribution in [0.4, 0.5) is 5.69 Å². The van der Waals surface area contributed by atoms with Crippen molar-refractivity contribution in [3.8, 4) is 0 Å². The zero-order chi connectivity index (χ0) is 13.2. The summed E-state index contributed by atoms with van der Waals surface area (Å²) in [6.45, 7) is 2.93. The second-order valence-corrected chi connectivity index (χ2v) is 6.14.